The number of piperidine rings is 1. The number of nitrogens with zero attached hydrogens (tertiary/aromatic N) is 2. The fourth-order valence-corrected chi connectivity index (χ4v) is 4.17. The molecule has 0 aromatic heterocycles. The van der Waals surface area contributed by atoms with Crippen molar-refractivity contribution in [3.63, 3.8) is 0 Å². The number of likely N-dealkylation sites (tertiary alicyclic amines) is 1. The van der Waals surface area contributed by atoms with Crippen molar-refractivity contribution >= 4 is 15.8 Å². The van der Waals surface area contributed by atoms with Gasteiger partial charge in [0.05, 0.1) is 5.75 Å². The van der Waals surface area contributed by atoms with Gasteiger partial charge in [-0.15, -0.1) is 0 Å². The SMILES string of the molecule is CN=C(NCc1ccc(CS(C)(=O)=O)cc1)NCC(C)(C)N1CCCCC1. The molecular weight excluding hydrogens is 360 g/mol. The normalized spacial score (nSPS) is 17.0. The Morgan fingerprint density at radius 2 is 1.67 bits per heavy atom. The third-order valence-corrected chi connectivity index (χ3v) is 5.89. The Hall–Kier alpha value is -1.60. The molecule has 1 aliphatic heterocycles. The van der Waals surface area contributed by atoms with Crippen LogP contribution < -0.4 is 10.6 Å². The lowest BCUT2D eigenvalue weighted by Gasteiger charge is -2.41. The zero-order valence-electron chi connectivity index (χ0n) is 17.1. The number of sulfone groups is 1. The molecular formula is C20H34N4O2S. The Bertz CT molecular complexity index is 721. The second-order valence-corrected chi connectivity index (χ2v) is 10.2. The topological polar surface area (TPSA) is 73.8 Å². The summed E-state index contributed by atoms with van der Waals surface area (Å²) in [6, 6.07) is 7.65. The lowest BCUT2D eigenvalue weighted by atomic mass is 9.98. The summed E-state index contributed by atoms with van der Waals surface area (Å²) in [6.07, 6.45) is 5.16. The standard InChI is InChI=1S/C20H34N4O2S/c1-20(2,24-12-6-5-7-13-24)16-23-19(21-3)22-14-17-8-10-18(11-9-17)15-27(4,25)26/h8-11H,5-7,12-16H2,1-4H3,(H2,21,22,23). The molecule has 0 radical (unpaired) electrons. The Labute approximate surface area is 164 Å². The molecule has 152 valence electrons. The number of hydrogen-bond acceptors (Lipinski definition) is 4. The van der Waals surface area contributed by atoms with Crippen molar-refractivity contribution in [2.24, 2.45) is 4.99 Å². The van der Waals surface area contributed by atoms with Crippen LogP contribution in [0.15, 0.2) is 29.3 Å². The summed E-state index contributed by atoms with van der Waals surface area (Å²) in [4.78, 5) is 6.87. The lowest BCUT2D eigenvalue weighted by molar-refractivity contribution is 0.0982. The van der Waals surface area contributed by atoms with Crippen LogP contribution in [-0.4, -0.2) is 57.8 Å². The summed E-state index contributed by atoms with van der Waals surface area (Å²) >= 11 is 0. The zero-order chi connectivity index (χ0) is 19.9. The quantitative estimate of drug-likeness (QED) is 0.548. The van der Waals surface area contributed by atoms with Gasteiger partial charge in [-0.05, 0) is 50.9 Å². The van der Waals surface area contributed by atoms with Crippen molar-refractivity contribution in [2.45, 2.75) is 50.9 Å². The summed E-state index contributed by atoms with van der Waals surface area (Å²) in [6.45, 7) is 8.36. The van der Waals surface area contributed by atoms with Gasteiger partial charge in [-0.2, -0.15) is 0 Å². The molecule has 1 saturated heterocycles. The summed E-state index contributed by atoms with van der Waals surface area (Å²) in [5.74, 6) is 0.857. The van der Waals surface area contributed by atoms with Crippen molar-refractivity contribution in [1.82, 2.24) is 15.5 Å². The maximum Gasteiger partial charge on any atom is 0.191 e. The molecule has 0 spiro atoms. The first kappa shape index (κ1) is 21.7. The number of nitrogens with one attached hydrogen (secondary N) is 2. The summed E-state index contributed by atoms with van der Waals surface area (Å²) in [5, 5.41) is 6.77. The molecule has 0 aliphatic carbocycles. The van der Waals surface area contributed by atoms with Crippen LogP contribution in [0.4, 0.5) is 0 Å². The van der Waals surface area contributed by atoms with E-state index in [4.69, 9.17) is 0 Å². The number of benzene rings is 1. The van der Waals surface area contributed by atoms with E-state index >= 15 is 0 Å². The number of guanidine groups is 1. The largest absolute Gasteiger partial charge is 0.355 e. The van der Waals surface area contributed by atoms with Crippen molar-refractivity contribution < 1.29 is 8.42 Å². The molecule has 1 heterocycles. The molecule has 7 heteroatoms. The van der Waals surface area contributed by atoms with E-state index in [-0.39, 0.29) is 11.3 Å². The van der Waals surface area contributed by atoms with Crippen LogP contribution in [0.1, 0.15) is 44.2 Å². The van der Waals surface area contributed by atoms with Crippen molar-refractivity contribution in [2.75, 3.05) is 32.9 Å². The summed E-state index contributed by atoms with van der Waals surface area (Å²) < 4.78 is 22.7. The fraction of sp³-hybridized carbons (Fsp3) is 0.650. The molecule has 1 aliphatic rings. The highest BCUT2D eigenvalue weighted by atomic mass is 32.2. The Kier molecular flexibility index (Phi) is 7.68. The van der Waals surface area contributed by atoms with Gasteiger partial charge >= 0.3 is 0 Å². The number of rotatable bonds is 7. The Balaban J connectivity index is 1.83. The Morgan fingerprint density at radius 3 is 2.22 bits per heavy atom. The van der Waals surface area contributed by atoms with E-state index in [0.717, 1.165) is 23.6 Å². The van der Waals surface area contributed by atoms with Gasteiger partial charge < -0.3 is 10.6 Å². The van der Waals surface area contributed by atoms with Crippen molar-refractivity contribution in [3.05, 3.63) is 35.4 Å². The van der Waals surface area contributed by atoms with E-state index in [1.807, 2.05) is 24.3 Å². The van der Waals surface area contributed by atoms with Gasteiger partial charge in [0.25, 0.3) is 0 Å². The van der Waals surface area contributed by atoms with Gasteiger partial charge in [-0.25, -0.2) is 8.42 Å². The highest BCUT2D eigenvalue weighted by Gasteiger charge is 2.27. The molecule has 1 fully saturated rings. The van der Waals surface area contributed by atoms with Gasteiger partial charge in [0.2, 0.25) is 0 Å². The van der Waals surface area contributed by atoms with Crippen LogP contribution in [0, 0.1) is 0 Å². The zero-order valence-corrected chi connectivity index (χ0v) is 17.9. The molecule has 6 nitrogen and oxygen atoms in total. The fourth-order valence-electron chi connectivity index (χ4n) is 3.37. The first-order valence-corrected chi connectivity index (χ1v) is 11.7. The van der Waals surface area contributed by atoms with E-state index in [1.165, 1.54) is 38.6 Å². The molecule has 0 unspecified atom stereocenters. The smallest absolute Gasteiger partial charge is 0.191 e. The number of aliphatic imine (C=N–C) groups is 1. The van der Waals surface area contributed by atoms with Crippen molar-refractivity contribution in [1.29, 1.82) is 0 Å². The van der Waals surface area contributed by atoms with Crippen LogP contribution in [0.5, 0.6) is 0 Å². The monoisotopic (exact) mass is 394 g/mol. The van der Waals surface area contributed by atoms with Gasteiger partial charge in [0.15, 0.2) is 15.8 Å². The Morgan fingerprint density at radius 1 is 1.07 bits per heavy atom. The molecule has 0 saturated carbocycles. The number of hydrogen-bond donors (Lipinski definition) is 2. The molecule has 27 heavy (non-hydrogen) atoms. The van der Waals surface area contributed by atoms with E-state index < -0.39 is 9.84 Å². The highest BCUT2D eigenvalue weighted by Crippen LogP contribution is 2.19. The minimum absolute atomic E-state index is 0.0789. The molecule has 1 aromatic rings. The van der Waals surface area contributed by atoms with E-state index in [2.05, 4.69) is 34.4 Å². The molecule has 1 aromatic carbocycles. The van der Waals surface area contributed by atoms with Crippen molar-refractivity contribution in [3.8, 4) is 0 Å². The maximum absolute atomic E-state index is 11.4. The third kappa shape index (κ3) is 7.50. The summed E-state index contributed by atoms with van der Waals surface area (Å²) in [5.41, 5.74) is 1.99. The van der Waals surface area contributed by atoms with Gasteiger partial charge in [0.1, 0.15) is 0 Å². The molecule has 2 N–H and O–H groups in total. The maximum atomic E-state index is 11.4. The van der Waals surface area contributed by atoms with E-state index in [0.29, 0.717) is 6.54 Å². The van der Waals surface area contributed by atoms with Crippen LogP contribution >= 0.6 is 0 Å². The second kappa shape index (κ2) is 9.55. The average Bonchev–Trinajstić information content (AvgIpc) is 2.62. The summed E-state index contributed by atoms with van der Waals surface area (Å²) in [7, 11) is -1.22. The van der Waals surface area contributed by atoms with E-state index in [1.54, 1.807) is 7.05 Å². The van der Waals surface area contributed by atoms with Crippen LogP contribution in [0.2, 0.25) is 0 Å². The van der Waals surface area contributed by atoms with Crippen LogP contribution in [-0.2, 0) is 22.1 Å². The van der Waals surface area contributed by atoms with Crippen LogP contribution in [0.3, 0.4) is 0 Å². The van der Waals surface area contributed by atoms with Gasteiger partial charge in [-0.1, -0.05) is 30.7 Å². The van der Waals surface area contributed by atoms with Crippen LogP contribution in [0.25, 0.3) is 0 Å². The van der Waals surface area contributed by atoms with Gasteiger partial charge in [-0.3, -0.25) is 9.89 Å². The highest BCUT2D eigenvalue weighted by molar-refractivity contribution is 7.89. The lowest BCUT2D eigenvalue weighted by Crippen LogP contribution is -2.54. The molecule has 2 rings (SSSR count). The first-order valence-electron chi connectivity index (χ1n) is 9.65. The molecule has 0 atom stereocenters. The minimum Gasteiger partial charge on any atom is -0.355 e. The minimum atomic E-state index is -3.00. The van der Waals surface area contributed by atoms with Gasteiger partial charge in [0, 0.05) is 31.9 Å². The predicted octanol–water partition coefficient (Wildman–Crippen LogP) is 2.16. The molecule has 0 amide bonds. The van der Waals surface area contributed by atoms with E-state index in [9.17, 15) is 8.42 Å². The first-order chi connectivity index (χ1) is 12.7. The third-order valence-electron chi connectivity index (χ3n) is 5.04. The molecule has 0 bridgehead atoms. The predicted molar refractivity (Wildman–Crippen MR) is 113 cm³/mol. The second-order valence-electron chi connectivity index (χ2n) is 8.03. The average molecular weight is 395 g/mol.